The maximum atomic E-state index is 13.6. The van der Waals surface area contributed by atoms with Gasteiger partial charge in [0.15, 0.2) is 0 Å². The fourth-order valence-electron chi connectivity index (χ4n) is 3.09. The smallest absolute Gasteiger partial charge is 0.310 e. The Kier molecular flexibility index (Phi) is 4.85. The summed E-state index contributed by atoms with van der Waals surface area (Å²) in [5.74, 6) is -2.59. The van der Waals surface area contributed by atoms with Crippen LogP contribution in [0.2, 0.25) is 0 Å². The van der Waals surface area contributed by atoms with Crippen molar-refractivity contribution in [3.63, 3.8) is 0 Å². The molecule has 4 nitrogen and oxygen atoms in total. The molecule has 0 bridgehead atoms. The Morgan fingerprint density at radius 2 is 1.92 bits per heavy atom. The fourth-order valence-corrected chi connectivity index (χ4v) is 3.81. The third-order valence-corrected chi connectivity index (χ3v) is 5.31. The summed E-state index contributed by atoms with van der Waals surface area (Å²) in [6.45, 7) is 1.26. The topological polar surface area (TPSA) is 49.0 Å². The number of H-pyrrole nitrogens is 1. The van der Waals surface area contributed by atoms with Crippen LogP contribution in [0.5, 0.6) is 0 Å². The normalized spacial score (nSPS) is 18.4. The third kappa shape index (κ3) is 3.75. The van der Waals surface area contributed by atoms with Gasteiger partial charge < -0.3 is 4.98 Å². The maximum Gasteiger partial charge on any atom is 0.416 e. The Morgan fingerprint density at radius 1 is 1.31 bits per heavy atom. The molecule has 0 spiro atoms. The number of aromatic amines is 1. The van der Waals surface area contributed by atoms with E-state index in [1.807, 2.05) is 0 Å². The van der Waals surface area contributed by atoms with Gasteiger partial charge in [-0.05, 0) is 34.5 Å². The maximum absolute atomic E-state index is 13.6. The van der Waals surface area contributed by atoms with Crippen molar-refractivity contribution in [1.82, 2.24) is 14.9 Å². The number of piperidine rings is 1. The average Bonchev–Trinajstić information content (AvgIpc) is 2.49. The zero-order valence-electron chi connectivity index (χ0n) is 13.7. The van der Waals surface area contributed by atoms with Gasteiger partial charge in [-0.25, -0.2) is 13.8 Å². The molecule has 1 aromatic carbocycles. The molecule has 1 aliphatic rings. The van der Waals surface area contributed by atoms with Gasteiger partial charge in [0, 0.05) is 36.9 Å². The largest absolute Gasteiger partial charge is 0.416 e. The Hall–Kier alpha value is -1.55. The van der Waals surface area contributed by atoms with E-state index in [0.29, 0.717) is 0 Å². The number of aryl methyl sites for hydroxylation is 1. The van der Waals surface area contributed by atoms with E-state index < -0.39 is 36.1 Å². The van der Waals surface area contributed by atoms with Crippen molar-refractivity contribution in [3.05, 3.63) is 37.8 Å². The number of likely N-dealkylation sites (tertiary alicyclic amines) is 1. The highest BCUT2D eigenvalue weighted by Gasteiger charge is 2.38. The van der Waals surface area contributed by atoms with E-state index in [1.54, 1.807) is 0 Å². The summed E-state index contributed by atoms with van der Waals surface area (Å²) in [5, 5.41) is 0.0148. The molecule has 142 valence electrons. The highest BCUT2D eigenvalue weighted by atomic mass is 79.9. The Labute approximate surface area is 153 Å². The monoisotopic (exact) mass is 439 g/mol. The molecule has 1 saturated heterocycles. The van der Waals surface area contributed by atoms with Crippen molar-refractivity contribution in [2.24, 2.45) is 0 Å². The summed E-state index contributed by atoms with van der Waals surface area (Å²) in [4.78, 5) is 20.2. The standard InChI is InChI=1S/C16H15BrF5N3O/c1-8-23-11-6-10(16(20,21)22)9(13(17)12(11)14(26)24-8)7-25-4-2-15(18,19)3-5-25/h6H,2-5,7H2,1H3,(H,23,24,26). The number of rotatable bonds is 2. The lowest BCUT2D eigenvalue weighted by Gasteiger charge is -2.32. The Balaban J connectivity index is 2.11. The molecule has 0 amide bonds. The molecular formula is C16H15BrF5N3O. The van der Waals surface area contributed by atoms with E-state index in [0.717, 1.165) is 6.07 Å². The molecule has 2 heterocycles. The van der Waals surface area contributed by atoms with Gasteiger partial charge in [0.2, 0.25) is 0 Å². The van der Waals surface area contributed by atoms with Crippen LogP contribution in [0.25, 0.3) is 10.9 Å². The van der Waals surface area contributed by atoms with Crippen LogP contribution in [0.4, 0.5) is 22.0 Å². The minimum absolute atomic E-state index is 0.00610. The predicted molar refractivity (Wildman–Crippen MR) is 89.3 cm³/mol. The first-order chi connectivity index (χ1) is 12.0. The van der Waals surface area contributed by atoms with E-state index in [9.17, 15) is 26.7 Å². The van der Waals surface area contributed by atoms with Crippen molar-refractivity contribution in [2.45, 2.75) is 38.4 Å². The van der Waals surface area contributed by atoms with Gasteiger partial charge in [0.1, 0.15) is 5.82 Å². The van der Waals surface area contributed by atoms with E-state index in [4.69, 9.17) is 0 Å². The van der Waals surface area contributed by atoms with Crippen molar-refractivity contribution in [3.8, 4) is 0 Å². The molecule has 0 aliphatic carbocycles. The Bertz CT molecular complexity index is 899. The molecule has 0 saturated carbocycles. The number of hydrogen-bond acceptors (Lipinski definition) is 3. The second kappa shape index (κ2) is 6.56. The summed E-state index contributed by atoms with van der Waals surface area (Å²) in [5.41, 5.74) is -1.70. The zero-order valence-corrected chi connectivity index (χ0v) is 15.3. The summed E-state index contributed by atoms with van der Waals surface area (Å²) in [6.07, 6.45) is -5.47. The minimum atomic E-state index is -4.66. The molecule has 0 radical (unpaired) electrons. The SMILES string of the molecule is Cc1nc2cc(C(F)(F)F)c(CN3CCC(F)(F)CC3)c(Br)c2c(=O)[nH]1. The van der Waals surface area contributed by atoms with Gasteiger partial charge in [-0.15, -0.1) is 0 Å². The van der Waals surface area contributed by atoms with Gasteiger partial charge in [-0.1, -0.05) is 0 Å². The highest BCUT2D eigenvalue weighted by molar-refractivity contribution is 9.10. The van der Waals surface area contributed by atoms with E-state index in [-0.39, 0.29) is 46.4 Å². The molecule has 0 atom stereocenters. The summed E-state index contributed by atoms with van der Waals surface area (Å²) in [7, 11) is 0. The number of nitrogens with one attached hydrogen (secondary N) is 1. The van der Waals surface area contributed by atoms with Gasteiger partial charge >= 0.3 is 6.18 Å². The molecular weight excluding hydrogens is 425 g/mol. The molecule has 1 N–H and O–H groups in total. The van der Waals surface area contributed by atoms with E-state index in [1.165, 1.54) is 11.8 Å². The number of benzene rings is 1. The highest BCUT2D eigenvalue weighted by Crippen LogP contribution is 2.39. The van der Waals surface area contributed by atoms with Crippen molar-refractivity contribution >= 4 is 26.8 Å². The fraction of sp³-hybridized carbons (Fsp3) is 0.500. The number of halogens is 6. The van der Waals surface area contributed by atoms with Gasteiger partial charge in [-0.3, -0.25) is 9.69 Å². The molecule has 1 aromatic heterocycles. The van der Waals surface area contributed by atoms with Gasteiger partial charge in [0.05, 0.1) is 16.5 Å². The molecule has 2 aromatic rings. The molecule has 26 heavy (non-hydrogen) atoms. The number of hydrogen-bond donors (Lipinski definition) is 1. The third-order valence-electron chi connectivity index (χ3n) is 4.43. The summed E-state index contributed by atoms with van der Waals surface area (Å²) in [6, 6.07) is 0.843. The lowest BCUT2D eigenvalue weighted by Crippen LogP contribution is -2.39. The lowest BCUT2D eigenvalue weighted by atomic mass is 10.0. The number of alkyl halides is 5. The van der Waals surface area contributed by atoms with Crippen LogP contribution >= 0.6 is 15.9 Å². The average molecular weight is 440 g/mol. The van der Waals surface area contributed by atoms with Gasteiger partial charge in [0.25, 0.3) is 11.5 Å². The lowest BCUT2D eigenvalue weighted by molar-refractivity contribution is -0.138. The summed E-state index contributed by atoms with van der Waals surface area (Å²) < 4.78 is 67.3. The van der Waals surface area contributed by atoms with Crippen LogP contribution in [0.15, 0.2) is 15.3 Å². The summed E-state index contributed by atoms with van der Waals surface area (Å²) >= 11 is 3.11. The van der Waals surface area contributed by atoms with Crippen molar-refractivity contribution < 1.29 is 22.0 Å². The first-order valence-electron chi connectivity index (χ1n) is 7.87. The second-order valence-corrected chi connectivity index (χ2v) is 7.18. The van der Waals surface area contributed by atoms with Crippen LogP contribution in [-0.4, -0.2) is 33.9 Å². The van der Waals surface area contributed by atoms with Crippen LogP contribution in [0, 0.1) is 6.92 Å². The second-order valence-electron chi connectivity index (χ2n) is 6.39. The van der Waals surface area contributed by atoms with Crippen LogP contribution in [0.3, 0.4) is 0 Å². The number of nitrogens with zero attached hydrogens (tertiary/aromatic N) is 2. The van der Waals surface area contributed by atoms with Gasteiger partial charge in [-0.2, -0.15) is 13.2 Å². The Morgan fingerprint density at radius 3 is 2.50 bits per heavy atom. The predicted octanol–water partition coefficient (Wildman–Crippen LogP) is 4.24. The van der Waals surface area contributed by atoms with Crippen LogP contribution in [-0.2, 0) is 12.7 Å². The van der Waals surface area contributed by atoms with Crippen molar-refractivity contribution in [1.29, 1.82) is 0 Å². The molecule has 1 aliphatic heterocycles. The quantitative estimate of drug-likeness (QED) is 0.711. The molecule has 3 rings (SSSR count). The first-order valence-corrected chi connectivity index (χ1v) is 8.66. The first kappa shape index (κ1) is 19.2. The number of fused-ring (bicyclic) bond motifs is 1. The molecule has 1 fully saturated rings. The van der Waals surface area contributed by atoms with Crippen LogP contribution in [0.1, 0.15) is 29.8 Å². The van der Waals surface area contributed by atoms with E-state index in [2.05, 4.69) is 25.9 Å². The molecule has 10 heteroatoms. The molecule has 0 unspecified atom stereocenters. The van der Waals surface area contributed by atoms with Crippen molar-refractivity contribution in [2.75, 3.05) is 13.1 Å². The minimum Gasteiger partial charge on any atom is -0.310 e. The van der Waals surface area contributed by atoms with E-state index >= 15 is 0 Å². The number of aromatic nitrogens is 2. The van der Waals surface area contributed by atoms with Crippen LogP contribution < -0.4 is 5.56 Å². The zero-order chi connectivity index (χ0) is 19.3.